The van der Waals surface area contributed by atoms with Crippen LogP contribution >= 0.6 is 0 Å². The van der Waals surface area contributed by atoms with Crippen molar-refractivity contribution in [3.05, 3.63) is 101 Å². The van der Waals surface area contributed by atoms with Gasteiger partial charge in [-0.3, -0.25) is 19.6 Å². The molecular weight excluding hydrogens is 663 g/mol. The number of fused-ring (bicyclic) bond motifs is 2. The summed E-state index contributed by atoms with van der Waals surface area (Å²) in [6, 6.07) is 19.0. The van der Waals surface area contributed by atoms with Crippen molar-refractivity contribution in [2.24, 2.45) is 5.92 Å². The zero-order valence-corrected chi connectivity index (χ0v) is 29.0. The fraction of sp³-hybridized carbons (Fsp3) is 0.350. The number of carboxylic acids is 1. The molecule has 0 saturated carbocycles. The average Bonchev–Trinajstić information content (AvgIpc) is 3.90. The molecule has 1 aliphatic carbocycles. The largest absolute Gasteiger partial charge is 0.481 e. The van der Waals surface area contributed by atoms with Gasteiger partial charge in [0.15, 0.2) is 11.6 Å². The lowest BCUT2D eigenvalue weighted by Crippen LogP contribution is -2.22. The highest BCUT2D eigenvalue weighted by molar-refractivity contribution is 5.90. The number of halogens is 1. The summed E-state index contributed by atoms with van der Waals surface area (Å²) in [4.78, 5) is 29.6. The first kappa shape index (κ1) is 33.9. The Kier molecular flexibility index (Phi) is 9.43. The number of hydrogen-bond donors (Lipinski definition) is 3. The number of rotatable bonds is 11. The smallest absolute Gasteiger partial charge is 0.307 e. The van der Waals surface area contributed by atoms with Crippen LogP contribution < -0.4 is 14.8 Å². The van der Waals surface area contributed by atoms with Crippen LogP contribution in [0, 0.1) is 11.7 Å². The van der Waals surface area contributed by atoms with Gasteiger partial charge in [-0.2, -0.15) is 4.98 Å². The fourth-order valence-corrected chi connectivity index (χ4v) is 7.83. The molecule has 2 fully saturated rings. The number of aromatic nitrogens is 3. The van der Waals surface area contributed by atoms with E-state index in [2.05, 4.69) is 30.1 Å². The highest BCUT2D eigenvalue weighted by Gasteiger charge is 2.30. The van der Waals surface area contributed by atoms with Crippen LogP contribution in [-0.4, -0.2) is 80.3 Å². The van der Waals surface area contributed by atoms with Crippen molar-refractivity contribution in [2.75, 3.05) is 38.6 Å². The van der Waals surface area contributed by atoms with Crippen LogP contribution in [0.2, 0.25) is 0 Å². The van der Waals surface area contributed by atoms with Crippen molar-refractivity contribution in [2.45, 2.75) is 51.0 Å². The highest BCUT2D eigenvalue weighted by Crippen LogP contribution is 2.42. The topological polar surface area (TPSA) is 133 Å². The summed E-state index contributed by atoms with van der Waals surface area (Å²) in [6.07, 6.45) is 5.80. The number of anilines is 2. The van der Waals surface area contributed by atoms with Crippen LogP contribution in [-0.2, 0) is 24.3 Å². The number of nitrogens with zero attached hydrogens (tertiary/aromatic N) is 5. The van der Waals surface area contributed by atoms with E-state index in [0.29, 0.717) is 66.9 Å². The van der Waals surface area contributed by atoms with Gasteiger partial charge < -0.3 is 25.0 Å². The van der Waals surface area contributed by atoms with Crippen LogP contribution in [0.3, 0.4) is 0 Å². The van der Waals surface area contributed by atoms with E-state index in [1.165, 1.54) is 0 Å². The summed E-state index contributed by atoms with van der Waals surface area (Å²) in [5.41, 5.74) is 6.20. The third kappa shape index (κ3) is 6.89. The Balaban J connectivity index is 0.994. The number of methoxy groups -OCH3 is 1. The number of carboxylic acid groups (broad SMARTS) is 1. The molecule has 52 heavy (non-hydrogen) atoms. The molecule has 2 aromatic carbocycles. The van der Waals surface area contributed by atoms with E-state index >= 15 is 4.39 Å². The van der Waals surface area contributed by atoms with Gasteiger partial charge in [0.05, 0.1) is 24.8 Å². The number of aliphatic hydroxyl groups excluding tert-OH is 1. The van der Waals surface area contributed by atoms with E-state index in [1.807, 2.05) is 48.5 Å². The normalized spacial score (nSPS) is 20.3. The Bertz CT molecular complexity index is 2130. The van der Waals surface area contributed by atoms with Gasteiger partial charge in [-0.15, -0.1) is 0 Å². The molecule has 0 amide bonds. The summed E-state index contributed by atoms with van der Waals surface area (Å²) in [6.45, 7) is 3.99. The lowest BCUT2D eigenvalue weighted by Gasteiger charge is -2.19. The monoisotopic (exact) mass is 704 g/mol. The molecule has 5 aromatic rings. The Morgan fingerprint density at radius 1 is 0.981 bits per heavy atom. The van der Waals surface area contributed by atoms with Crippen molar-refractivity contribution in [3.8, 4) is 22.9 Å². The van der Waals surface area contributed by atoms with E-state index in [0.717, 1.165) is 65.6 Å². The lowest BCUT2D eigenvalue weighted by atomic mass is 9.96. The molecule has 3 N–H and O–H groups in total. The number of aliphatic carboxylic acids is 1. The predicted octanol–water partition coefficient (Wildman–Crippen LogP) is 6.12. The SMILES string of the molecule is COc1nc(O[C@@H]2CCc3c(-c4cccc(Nc5nccc6cc(CN7CC[C@@H](C(=O)O)C7)cnc56)c4F)cccc32)ccc1CN1CC[C@@H](O)C1. The number of β-amino-alcohol motifs (C(OH)–C–C–N with tert-alkyl or cyclic N) is 1. The second kappa shape index (κ2) is 14.5. The van der Waals surface area contributed by atoms with E-state index in [9.17, 15) is 15.0 Å². The van der Waals surface area contributed by atoms with Crippen LogP contribution in [0.5, 0.6) is 11.8 Å². The second-order valence-electron chi connectivity index (χ2n) is 13.9. The van der Waals surface area contributed by atoms with Gasteiger partial charge in [0.25, 0.3) is 0 Å². The van der Waals surface area contributed by atoms with Crippen molar-refractivity contribution >= 4 is 28.4 Å². The molecule has 0 bridgehead atoms. The van der Waals surface area contributed by atoms with Crippen LogP contribution in [0.1, 0.15) is 47.6 Å². The molecule has 2 saturated heterocycles. The van der Waals surface area contributed by atoms with Crippen molar-refractivity contribution in [3.63, 3.8) is 0 Å². The number of aliphatic hydroxyl groups is 1. The molecule has 0 spiro atoms. The van der Waals surface area contributed by atoms with E-state index in [1.54, 1.807) is 31.6 Å². The van der Waals surface area contributed by atoms with Crippen LogP contribution in [0.4, 0.5) is 15.9 Å². The maximum absolute atomic E-state index is 16.4. The predicted molar refractivity (Wildman–Crippen MR) is 194 cm³/mol. The van der Waals surface area contributed by atoms with Crippen LogP contribution in [0.25, 0.3) is 22.0 Å². The van der Waals surface area contributed by atoms with Crippen molar-refractivity contribution in [1.29, 1.82) is 0 Å². The maximum Gasteiger partial charge on any atom is 0.307 e. The zero-order valence-electron chi connectivity index (χ0n) is 29.0. The third-order valence-corrected chi connectivity index (χ3v) is 10.5. The molecule has 8 rings (SSSR count). The lowest BCUT2D eigenvalue weighted by molar-refractivity contribution is -0.141. The number of carbonyl (C=O) groups is 1. The number of ether oxygens (including phenoxy) is 2. The third-order valence-electron chi connectivity index (χ3n) is 10.5. The molecule has 5 heterocycles. The van der Waals surface area contributed by atoms with E-state index < -0.39 is 5.97 Å². The highest BCUT2D eigenvalue weighted by atomic mass is 19.1. The van der Waals surface area contributed by atoms with Crippen molar-refractivity contribution < 1.29 is 28.9 Å². The zero-order chi connectivity index (χ0) is 35.8. The molecule has 0 radical (unpaired) electrons. The fourth-order valence-electron chi connectivity index (χ4n) is 7.83. The number of nitrogens with one attached hydrogen (secondary N) is 1. The molecule has 3 atom stereocenters. The first-order chi connectivity index (χ1) is 25.3. The number of hydrogen-bond acceptors (Lipinski definition) is 10. The molecule has 12 heteroatoms. The minimum atomic E-state index is -0.750. The first-order valence-corrected chi connectivity index (χ1v) is 17.8. The Hall–Kier alpha value is -5.17. The van der Waals surface area contributed by atoms with Crippen molar-refractivity contribution in [1.82, 2.24) is 24.8 Å². The van der Waals surface area contributed by atoms with Gasteiger partial charge in [0, 0.05) is 67.7 Å². The van der Waals surface area contributed by atoms with Gasteiger partial charge in [0.1, 0.15) is 11.6 Å². The summed E-state index contributed by atoms with van der Waals surface area (Å²) in [5.74, 6) is -0.0467. The summed E-state index contributed by atoms with van der Waals surface area (Å²) < 4.78 is 28.4. The van der Waals surface area contributed by atoms with Gasteiger partial charge in [-0.1, -0.05) is 30.3 Å². The summed E-state index contributed by atoms with van der Waals surface area (Å²) in [7, 11) is 1.60. The Morgan fingerprint density at radius 3 is 2.62 bits per heavy atom. The van der Waals surface area contributed by atoms with E-state index in [4.69, 9.17) is 9.47 Å². The standard InChI is InChI=1S/C40H41FN6O5/c1-51-39-26(21-47-17-14-28(48)23-47)8-11-35(45-39)52-34-10-9-30-29(4-2-5-31(30)34)32-6-3-7-33(36(32)41)44-38-37-25(12-15-42-38)18-24(19-43-37)20-46-16-13-27(22-46)40(49)50/h2-8,11-12,15,18-19,27-28,34,48H,9-10,13-14,16-17,20-23H2,1H3,(H,42,44)(H,49,50)/t27-,28-,34-/m1/s1. The molecule has 0 unspecified atom stereocenters. The summed E-state index contributed by atoms with van der Waals surface area (Å²) >= 11 is 0. The maximum atomic E-state index is 16.4. The quantitative estimate of drug-likeness (QED) is 0.147. The Morgan fingerprint density at radius 2 is 1.81 bits per heavy atom. The average molecular weight is 705 g/mol. The summed E-state index contributed by atoms with van der Waals surface area (Å²) in [5, 5.41) is 23.3. The molecule has 268 valence electrons. The molecular formula is C40H41FN6O5. The number of benzene rings is 2. The Labute approximate surface area is 301 Å². The van der Waals surface area contributed by atoms with Gasteiger partial charge >= 0.3 is 5.97 Å². The minimum absolute atomic E-state index is 0.240. The molecule has 2 aliphatic heterocycles. The minimum Gasteiger partial charge on any atom is -0.481 e. The molecule has 11 nitrogen and oxygen atoms in total. The first-order valence-electron chi connectivity index (χ1n) is 17.8. The number of likely N-dealkylation sites (tertiary alicyclic amines) is 2. The van der Waals surface area contributed by atoms with Gasteiger partial charge in [-0.05, 0) is 78.7 Å². The second-order valence-corrected chi connectivity index (χ2v) is 13.9. The molecule has 3 aliphatic rings. The number of pyridine rings is 3. The van der Waals surface area contributed by atoms with Gasteiger partial charge in [0.2, 0.25) is 11.8 Å². The van der Waals surface area contributed by atoms with E-state index in [-0.39, 0.29) is 23.9 Å². The molecule has 3 aromatic heterocycles. The van der Waals surface area contributed by atoms with Gasteiger partial charge in [-0.25, -0.2) is 9.37 Å². The van der Waals surface area contributed by atoms with Crippen LogP contribution in [0.15, 0.2) is 73.1 Å².